The number of sulfonamides is 1. The second-order valence-electron chi connectivity index (χ2n) is 6.75. The summed E-state index contributed by atoms with van der Waals surface area (Å²) in [5, 5.41) is 0.591. The zero-order valence-corrected chi connectivity index (χ0v) is 17.9. The molecule has 11 heteroatoms. The number of rotatable bonds is 8. The molecule has 0 aliphatic heterocycles. The summed E-state index contributed by atoms with van der Waals surface area (Å²) in [6, 6.07) is 4.82. The monoisotopic (exact) mass is 463 g/mol. The summed E-state index contributed by atoms with van der Waals surface area (Å²) in [5.74, 6) is -5.02. The van der Waals surface area contributed by atoms with Gasteiger partial charge in [0.1, 0.15) is 11.5 Å². The first-order chi connectivity index (χ1) is 15.2. The Labute approximate surface area is 182 Å². The van der Waals surface area contributed by atoms with E-state index in [-0.39, 0.29) is 23.3 Å². The van der Waals surface area contributed by atoms with Crippen molar-refractivity contribution in [2.45, 2.75) is 13.3 Å². The molecule has 0 aliphatic rings. The van der Waals surface area contributed by atoms with Crippen LogP contribution in [-0.4, -0.2) is 43.0 Å². The van der Waals surface area contributed by atoms with E-state index in [9.17, 15) is 22.4 Å². The Bertz CT molecular complexity index is 1330. The smallest absolute Gasteiger partial charge is 0.331 e. The van der Waals surface area contributed by atoms with Gasteiger partial charge in [0.05, 0.1) is 24.1 Å². The fraction of sp³-hybridized carbons (Fsp3) is 0.190. The number of aromatic nitrogens is 2. The molecular weight excluding hydrogens is 444 g/mol. The fourth-order valence-corrected chi connectivity index (χ4v) is 4.14. The predicted molar refractivity (Wildman–Crippen MR) is 114 cm³/mol. The maximum Gasteiger partial charge on any atom is 0.331 e. The Balaban J connectivity index is 2.13. The van der Waals surface area contributed by atoms with Crippen LogP contribution in [0.1, 0.15) is 29.3 Å². The second-order valence-corrected chi connectivity index (χ2v) is 8.60. The summed E-state index contributed by atoms with van der Waals surface area (Å²) in [6.45, 7) is 1.62. The van der Waals surface area contributed by atoms with Crippen LogP contribution in [0.15, 0.2) is 42.7 Å². The minimum Gasteiger partial charge on any atom is -0.466 e. The minimum atomic E-state index is -3.90. The second kappa shape index (κ2) is 9.27. The molecule has 3 rings (SSSR count). The van der Waals surface area contributed by atoms with Crippen LogP contribution in [0.2, 0.25) is 0 Å². The van der Waals surface area contributed by atoms with Gasteiger partial charge in [-0.15, -0.1) is 0 Å². The first-order valence-corrected chi connectivity index (χ1v) is 11.1. The number of fused-ring (bicyclic) bond motifs is 1. The fourth-order valence-electron chi connectivity index (χ4n) is 3.01. The van der Waals surface area contributed by atoms with E-state index < -0.39 is 44.7 Å². The number of hydrogen-bond acceptors (Lipinski definition) is 6. The molecule has 0 saturated carbocycles. The van der Waals surface area contributed by atoms with Crippen LogP contribution in [0.4, 0.5) is 14.5 Å². The van der Waals surface area contributed by atoms with Crippen molar-refractivity contribution in [2.24, 2.45) is 0 Å². The molecule has 0 spiro atoms. The molecule has 3 aromatic rings. The third-order valence-corrected chi connectivity index (χ3v) is 5.95. The molecule has 0 amide bonds. The molecule has 0 radical (unpaired) electrons. The summed E-state index contributed by atoms with van der Waals surface area (Å²) < 4.78 is 60.3. The standard InChI is InChI=1S/C21H19F2N3O5S/c1-3-8-32(29,30)26-16-5-4-15(22)18(19(16)23)20(28)14(10-17(27)31-2)13-9-12-6-7-24-21(12)25-11-13/h4-7,9-11,26H,3,8H2,1-2H3,(H,24,25)/b14-10+. The predicted octanol–water partition coefficient (Wildman–Crippen LogP) is 3.43. The number of benzene rings is 1. The van der Waals surface area contributed by atoms with Gasteiger partial charge >= 0.3 is 5.97 Å². The number of carbonyl (C=O) groups is 2. The number of pyridine rings is 1. The van der Waals surface area contributed by atoms with E-state index >= 15 is 4.39 Å². The van der Waals surface area contributed by atoms with E-state index in [0.717, 1.165) is 25.3 Å². The van der Waals surface area contributed by atoms with Gasteiger partial charge in [-0.3, -0.25) is 9.52 Å². The number of carbonyl (C=O) groups excluding carboxylic acids is 2. The average Bonchev–Trinajstić information content (AvgIpc) is 3.21. The molecule has 2 aromatic heterocycles. The van der Waals surface area contributed by atoms with Gasteiger partial charge in [0.15, 0.2) is 11.6 Å². The molecule has 8 nitrogen and oxygen atoms in total. The quantitative estimate of drug-likeness (QED) is 0.300. The largest absolute Gasteiger partial charge is 0.466 e. The Morgan fingerprint density at radius 2 is 2.00 bits per heavy atom. The number of allylic oxidation sites excluding steroid dienone is 1. The highest BCUT2D eigenvalue weighted by atomic mass is 32.2. The highest BCUT2D eigenvalue weighted by Gasteiger charge is 2.27. The highest BCUT2D eigenvalue weighted by molar-refractivity contribution is 7.92. The Hall–Kier alpha value is -3.60. The van der Waals surface area contributed by atoms with Crippen LogP contribution < -0.4 is 4.72 Å². The van der Waals surface area contributed by atoms with Gasteiger partial charge in [-0.2, -0.15) is 0 Å². The van der Waals surface area contributed by atoms with Crippen molar-refractivity contribution in [1.29, 1.82) is 0 Å². The van der Waals surface area contributed by atoms with Crippen molar-refractivity contribution in [2.75, 3.05) is 17.6 Å². The molecule has 0 unspecified atom stereocenters. The number of ether oxygens (including phenoxy) is 1. The Kier molecular flexibility index (Phi) is 6.68. The maximum atomic E-state index is 15.1. The Morgan fingerprint density at radius 1 is 1.25 bits per heavy atom. The number of H-pyrrole nitrogens is 1. The number of methoxy groups -OCH3 is 1. The lowest BCUT2D eigenvalue weighted by molar-refractivity contribution is -0.134. The number of anilines is 1. The molecule has 0 atom stereocenters. The SMILES string of the molecule is CCCS(=O)(=O)Nc1ccc(F)c(C(=O)/C(=C/C(=O)OC)c2cnc3[nH]ccc3c2)c1F. The highest BCUT2D eigenvalue weighted by Crippen LogP contribution is 2.29. The zero-order valence-electron chi connectivity index (χ0n) is 17.1. The van der Waals surface area contributed by atoms with Crippen LogP contribution >= 0.6 is 0 Å². The van der Waals surface area contributed by atoms with Gasteiger partial charge in [0, 0.05) is 35.0 Å². The summed E-state index contributed by atoms with van der Waals surface area (Å²) >= 11 is 0. The maximum absolute atomic E-state index is 15.1. The van der Waals surface area contributed by atoms with Crippen LogP contribution in [0.25, 0.3) is 16.6 Å². The molecule has 0 fully saturated rings. The van der Waals surface area contributed by atoms with E-state index in [4.69, 9.17) is 0 Å². The number of nitrogens with zero attached hydrogens (tertiary/aromatic N) is 1. The van der Waals surface area contributed by atoms with E-state index in [1.54, 1.807) is 19.2 Å². The average molecular weight is 463 g/mol. The van der Waals surface area contributed by atoms with Gasteiger partial charge in [0.2, 0.25) is 10.0 Å². The molecule has 0 saturated heterocycles. The van der Waals surface area contributed by atoms with Gasteiger partial charge in [-0.1, -0.05) is 6.92 Å². The third-order valence-electron chi connectivity index (χ3n) is 4.48. The number of aromatic amines is 1. The van der Waals surface area contributed by atoms with Crippen LogP contribution in [-0.2, 0) is 19.6 Å². The number of halogens is 2. The molecule has 2 N–H and O–H groups in total. The first-order valence-electron chi connectivity index (χ1n) is 9.43. The van der Waals surface area contributed by atoms with Crippen LogP contribution in [0, 0.1) is 11.6 Å². The lowest BCUT2D eigenvalue weighted by atomic mass is 9.95. The first kappa shape index (κ1) is 23.1. The summed E-state index contributed by atoms with van der Waals surface area (Å²) in [5.41, 5.74) is -1.36. The van der Waals surface area contributed by atoms with E-state index in [1.807, 2.05) is 4.72 Å². The summed E-state index contributed by atoms with van der Waals surface area (Å²) in [6.07, 6.45) is 3.93. The molecule has 1 aromatic carbocycles. The number of nitrogens with one attached hydrogen (secondary N) is 2. The molecular formula is C21H19F2N3O5S. The number of Topliss-reactive ketones (excluding diaryl/α,β-unsaturated/α-hetero) is 1. The normalized spacial score (nSPS) is 12.1. The summed E-state index contributed by atoms with van der Waals surface area (Å²) in [7, 11) is -2.82. The number of hydrogen-bond donors (Lipinski definition) is 2. The van der Waals surface area contributed by atoms with Crippen molar-refractivity contribution in [3.8, 4) is 0 Å². The van der Waals surface area contributed by atoms with E-state index in [1.165, 1.54) is 12.3 Å². The number of ketones is 1. The topological polar surface area (TPSA) is 118 Å². The third kappa shape index (κ3) is 4.83. The van der Waals surface area contributed by atoms with Crippen molar-refractivity contribution in [3.05, 3.63) is 65.5 Å². The lowest BCUT2D eigenvalue weighted by Crippen LogP contribution is -2.19. The van der Waals surface area contributed by atoms with Crippen molar-refractivity contribution in [1.82, 2.24) is 9.97 Å². The van der Waals surface area contributed by atoms with Gasteiger partial charge in [-0.25, -0.2) is 27.0 Å². The molecule has 168 valence electrons. The zero-order chi connectivity index (χ0) is 23.5. The minimum absolute atomic E-state index is 0.114. The van der Waals surface area contributed by atoms with Gasteiger partial charge in [-0.05, 0) is 30.7 Å². The van der Waals surface area contributed by atoms with Gasteiger partial charge in [0.25, 0.3) is 0 Å². The van der Waals surface area contributed by atoms with Crippen molar-refractivity contribution >= 4 is 44.1 Å². The van der Waals surface area contributed by atoms with Crippen molar-refractivity contribution < 1.29 is 31.5 Å². The van der Waals surface area contributed by atoms with E-state index in [0.29, 0.717) is 11.0 Å². The van der Waals surface area contributed by atoms with Crippen LogP contribution in [0.3, 0.4) is 0 Å². The lowest BCUT2D eigenvalue weighted by Gasteiger charge is -2.13. The molecule has 32 heavy (non-hydrogen) atoms. The molecule has 2 heterocycles. The Morgan fingerprint density at radius 3 is 2.69 bits per heavy atom. The summed E-state index contributed by atoms with van der Waals surface area (Å²) in [4.78, 5) is 32.1. The van der Waals surface area contributed by atoms with E-state index in [2.05, 4.69) is 14.7 Å². The van der Waals surface area contributed by atoms with Gasteiger partial charge < -0.3 is 9.72 Å². The molecule has 0 aliphatic carbocycles. The molecule has 0 bridgehead atoms. The van der Waals surface area contributed by atoms with Crippen LogP contribution in [0.5, 0.6) is 0 Å². The number of esters is 1. The van der Waals surface area contributed by atoms with Crippen molar-refractivity contribution in [3.63, 3.8) is 0 Å².